The van der Waals surface area contributed by atoms with Crippen molar-refractivity contribution >= 4 is 29.3 Å². The van der Waals surface area contributed by atoms with Crippen LogP contribution < -0.4 is 10.1 Å². The van der Waals surface area contributed by atoms with E-state index >= 15 is 0 Å². The summed E-state index contributed by atoms with van der Waals surface area (Å²) in [5.74, 6) is -2.67. The van der Waals surface area contributed by atoms with Crippen LogP contribution in [-0.2, 0) is 15.7 Å². The van der Waals surface area contributed by atoms with Gasteiger partial charge in [-0.3, -0.25) is 4.79 Å². The molecule has 0 aliphatic carbocycles. The van der Waals surface area contributed by atoms with Gasteiger partial charge in [0, 0.05) is 6.07 Å². The molecular weight excluding hydrogens is 534 g/mol. The molecule has 0 saturated heterocycles. The number of benzene rings is 2. The zero-order valence-corrected chi connectivity index (χ0v) is 20.3. The summed E-state index contributed by atoms with van der Waals surface area (Å²) in [4.78, 5) is 25.2. The van der Waals surface area contributed by atoms with Gasteiger partial charge in [-0.2, -0.15) is 28.1 Å². The maximum Gasteiger partial charge on any atom is 0.435 e. The number of halogens is 5. The third-order valence-corrected chi connectivity index (χ3v) is 5.31. The molecule has 0 aliphatic heterocycles. The molecule has 2 aromatic carbocycles. The summed E-state index contributed by atoms with van der Waals surface area (Å²) in [5, 5.41) is 10.1. The number of hydrogen-bond acceptors (Lipinski definition) is 6. The number of para-hydroxylation sites is 1. The highest BCUT2D eigenvalue weighted by Crippen LogP contribution is 2.33. The predicted octanol–water partition coefficient (Wildman–Crippen LogP) is 5.06. The Hall–Kier alpha value is -4.39. The number of ether oxygens (including phenoxy) is 2. The normalized spacial score (nSPS) is 11.3. The summed E-state index contributed by atoms with van der Waals surface area (Å²) < 4.78 is 65.8. The molecule has 2 aromatic heterocycles. The second-order valence-electron chi connectivity index (χ2n) is 7.58. The van der Waals surface area contributed by atoms with Crippen molar-refractivity contribution in [2.24, 2.45) is 0 Å². The van der Waals surface area contributed by atoms with Crippen molar-refractivity contribution in [3.63, 3.8) is 0 Å². The Kier molecular flexibility index (Phi) is 7.67. The monoisotopic (exact) mass is 551 g/mol. The molecule has 0 bridgehead atoms. The van der Waals surface area contributed by atoms with Crippen LogP contribution in [0.5, 0.6) is 5.88 Å². The molecule has 0 aliphatic rings. The van der Waals surface area contributed by atoms with Gasteiger partial charge in [-0.1, -0.05) is 23.7 Å². The Balaban J connectivity index is 1.61. The average molecular weight is 552 g/mol. The van der Waals surface area contributed by atoms with E-state index < -0.39 is 42.1 Å². The van der Waals surface area contributed by atoms with Crippen LogP contribution in [0.15, 0.2) is 60.8 Å². The Morgan fingerprint density at radius 1 is 1.08 bits per heavy atom. The number of aromatic nitrogens is 4. The van der Waals surface area contributed by atoms with Gasteiger partial charge in [0.05, 0.1) is 29.2 Å². The number of hydrogen-bond donors (Lipinski definition) is 1. The van der Waals surface area contributed by atoms with E-state index in [2.05, 4.69) is 15.5 Å². The first kappa shape index (κ1) is 26.7. The van der Waals surface area contributed by atoms with Gasteiger partial charge in [-0.25, -0.2) is 13.9 Å². The molecule has 1 N–H and O–H groups in total. The number of amides is 1. The fourth-order valence-corrected chi connectivity index (χ4v) is 3.53. The van der Waals surface area contributed by atoms with Crippen LogP contribution in [-0.4, -0.2) is 44.7 Å². The Morgan fingerprint density at radius 2 is 1.79 bits per heavy atom. The minimum absolute atomic E-state index is 0.0463. The summed E-state index contributed by atoms with van der Waals surface area (Å²) in [5.41, 5.74) is -0.958. The molecule has 4 aromatic rings. The highest BCUT2D eigenvalue weighted by molar-refractivity contribution is 6.32. The number of carbonyl (C=O) groups is 2. The molecule has 0 saturated carbocycles. The third kappa shape index (κ3) is 5.78. The van der Waals surface area contributed by atoms with Crippen molar-refractivity contribution in [2.45, 2.75) is 13.1 Å². The van der Waals surface area contributed by atoms with Crippen LogP contribution >= 0.6 is 11.6 Å². The summed E-state index contributed by atoms with van der Waals surface area (Å²) in [7, 11) is 0. The van der Waals surface area contributed by atoms with E-state index in [-0.39, 0.29) is 28.7 Å². The van der Waals surface area contributed by atoms with E-state index in [9.17, 15) is 27.2 Å². The highest BCUT2D eigenvalue weighted by atomic mass is 35.5. The lowest BCUT2D eigenvalue weighted by molar-refractivity contribution is -0.141. The average Bonchev–Trinajstić information content (AvgIpc) is 3.48. The van der Waals surface area contributed by atoms with E-state index in [0.717, 1.165) is 23.0 Å². The van der Waals surface area contributed by atoms with E-state index in [0.29, 0.717) is 11.8 Å². The summed E-state index contributed by atoms with van der Waals surface area (Å²) in [6.07, 6.45) is -3.64. The van der Waals surface area contributed by atoms with Gasteiger partial charge in [0.25, 0.3) is 5.91 Å². The maximum absolute atomic E-state index is 13.4. The van der Waals surface area contributed by atoms with E-state index in [1.807, 2.05) is 0 Å². The first-order valence-corrected chi connectivity index (χ1v) is 11.3. The molecule has 4 rings (SSSR count). The summed E-state index contributed by atoms with van der Waals surface area (Å²) >= 11 is 6.12. The summed E-state index contributed by atoms with van der Waals surface area (Å²) in [6, 6.07) is 11.7. The van der Waals surface area contributed by atoms with Crippen molar-refractivity contribution in [1.82, 2.24) is 19.6 Å². The zero-order chi connectivity index (χ0) is 27.4. The Morgan fingerprint density at radius 3 is 2.45 bits per heavy atom. The molecule has 0 unspecified atom stereocenters. The van der Waals surface area contributed by atoms with Crippen LogP contribution in [0.2, 0.25) is 5.02 Å². The van der Waals surface area contributed by atoms with Gasteiger partial charge >= 0.3 is 12.1 Å². The van der Waals surface area contributed by atoms with Crippen molar-refractivity contribution in [2.75, 3.05) is 18.5 Å². The lowest BCUT2D eigenvalue weighted by Crippen LogP contribution is -2.24. The number of rotatable bonds is 8. The quantitative estimate of drug-likeness (QED) is 0.243. The molecule has 198 valence electrons. The van der Waals surface area contributed by atoms with Crippen LogP contribution in [0.1, 0.15) is 23.0 Å². The van der Waals surface area contributed by atoms with Gasteiger partial charge in [0.1, 0.15) is 11.4 Å². The van der Waals surface area contributed by atoms with Gasteiger partial charge in [0.15, 0.2) is 18.1 Å². The number of nitrogens with zero attached hydrogens (tertiary/aromatic N) is 4. The highest BCUT2D eigenvalue weighted by Gasteiger charge is 2.36. The van der Waals surface area contributed by atoms with Crippen molar-refractivity contribution < 1.29 is 36.6 Å². The molecule has 9 nitrogen and oxygen atoms in total. The topological polar surface area (TPSA) is 100 Å². The Labute approximate surface area is 217 Å². The van der Waals surface area contributed by atoms with Crippen molar-refractivity contribution in [3.05, 3.63) is 82.9 Å². The number of anilines is 1. The Bertz CT molecular complexity index is 1470. The minimum atomic E-state index is -4.79. The van der Waals surface area contributed by atoms with Crippen LogP contribution in [0.4, 0.5) is 23.4 Å². The second-order valence-corrected chi connectivity index (χ2v) is 7.99. The van der Waals surface area contributed by atoms with Gasteiger partial charge in [-0.15, -0.1) is 0 Å². The van der Waals surface area contributed by atoms with Crippen LogP contribution in [0.25, 0.3) is 11.4 Å². The SMILES string of the molecule is CCOC(=O)c1cnn(-c2ccc(F)cc2)c1NC(=O)COc1cc(C(F)(F)F)nn1-c1ccccc1Cl. The van der Waals surface area contributed by atoms with Gasteiger partial charge in [-0.05, 0) is 43.3 Å². The predicted molar refractivity (Wildman–Crippen MR) is 127 cm³/mol. The number of carbonyl (C=O) groups excluding carboxylic acids is 2. The molecule has 1 amide bonds. The standard InChI is InChI=1S/C24H18ClF4N5O4/c1-2-37-23(36)16-12-30-33(15-9-7-14(26)8-10-15)22(16)31-20(35)13-38-21-11-19(24(27,28)29)32-34(21)18-6-4-3-5-17(18)25/h3-12H,2,13H2,1H3,(H,31,35). The van der Waals surface area contributed by atoms with Crippen LogP contribution in [0, 0.1) is 5.82 Å². The molecule has 14 heteroatoms. The molecule has 2 heterocycles. The molecule has 38 heavy (non-hydrogen) atoms. The molecule has 0 radical (unpaired) electrons. The first-order chi connectivity index (χ1) is 18.1. The first-order valence-electron chi connectivity index (χ1n) is 10.9. The fraction of sp³-hybridized carbons (Fsp3) is 0.167. The number of esters is 1. The molecule has 0 fully saturated rings. The number of nitrogens with one attached hydrogen (secondary N) is 1. The van der Waals surface area contributed by atoms with Gasteiger partial charge in [0.2, 0.25) is 5.88 Å². The molecular formula is C24H18ClF4N5O4. The third-order valence-electron chi connectivity index (χ3n) is 4.99. The smallest absolute Gasteiger partial charge is 0.435 e. The summed E-state index contributed by atoms with van der Waals surface area (Å²) in [6.45, 7) is 0.862. The van der Waals surface area contributed by atoms with Gasteiger partial charge < -0.3 is 14.8 Å². The lowest BCUT2D eigenvalue weighted by atomic mass is 10.3. The maximum atomic E-state index is 13.4. The molecule has 0 spiro atoms. The van der Waals surface area contributed by atoms with Crippen molar-refractivity contribution in [1.29, 1.82) is 0 Å². The van der Waals surface area contributed by atoms with E-state index in [1.165, 1.54) is 28.9 Å². The molecule has 0 atom stereocenters. The fourth-order valence-electron chi connectivity index (χ4n) is 3.31. The minimum Gasteiger partial charge on any atom is -0.467 e. The zero-order valence-electron chi connectivity index (χ0n) is 19.5. The van der Waals surface area contributed by atoms with E-state index in [1.54, 1.807) is 19.1 Å². The van der Waals surface area contributed by atoms with Crippen LogP contribution in [0.3, 0.4) is 0 Å². The largest absolute Gasteiger partial charge is 0.467 e. The van der Waals surface area contributed by atoms with E-state index in [4.69, 9.17) is 21.1 Å². The van der Waals surface area contributed by atoms with Crippen molar-refractivity contribution in [3.8, 4) is 17.3 Å². The lowest BCUT2D eigenvalue weighted by Gasteiger charge is -2.13. The second kappa shape index (κ2) is 10.9. The number of alkyl halides is 3.